The zero-order chi connectivity index (χ0) is 10.3. The minimum absolute atomic E-state index is 0.0313. The van der Waals surface area contributed by atoms with Crippen LogP contribution in [0, 0.1) is 5.92 Å². The Morgan fingerprint density at radius 1 is 1.14 bits per heavy atom. The van der Waals surface area contributed by atoms with E-state index in [2.05, 4.69) is 17.6 Å². The van der Waals surface area contributed by atoms with Gasteiger partial charge in [0, 0.05) is 0 Å². The van der Waals surface area contributed by atoms with Gasteiger partial charge in [0.15, 0.2) is 0 Å². The first-order chi connectivity index (χ1) is 6.69. The summed E-state index contributed by atoms with van der Waals surface area (Å²) >= 11 is 0. The fourth-order valence-electron chi connectivity index (χ4n) is 2.45. The number of carbonyl (C=O) groups excluding carboxylic acids is 2. The van der Waals surface area contributed by atoms with Crippen molar-refractivity contribution < 1.29 is 9.59 Å². The fourth-order valence-corrected chi connectivity index (χ4v) is 2.45. The zero-order valence-corrected chi connectivity index (χ0v) is 8.39. The molecule has 76 valence electrons. The van der Waals surface area contributed by atoms with Gasteiger partial charge in [-0.2, -0.15) is 0 Å². The fraction of sp³-hybridized carbons (Fsp3) is 0.600. The van der Waals surface area contributed by atoms with Crippen molar-refractivity contribution in [3.63, 3.8) is 0 Å². The highest BCUT2D eigenvalue weighted by atomic mass is 16.2. The average molecular weight is 194 g/mol. The zero-order valence-electron chi connectivity index (χ0n) is 8.39. The van der Waals surface area contributed by atoms with Crippen molar-refractivity contribution in [1.29, 1.82) is 0 Å². The van der Waals surface area contributed by atoms with E-state index < -0.39 is 0 Å². The maximum Gasteiger partial charge on any atom is 0.321 e. The summed E-state index contributed by atoms with van der Waals surface area (Å²) in [5.74, 6) is -0.250. The van der Waals surface area contributed by atoms with Crippen molar-refractivity contribution in [2.75, 3.05) is 0 Å². The van der Waals surface area contributed by atoms with Crippen LogP contribution >= 0.6 is 0 Å². The average Bonchev–Trinajstić information content (AvgIpc) is 2.10. The molecule has 0 aromatic rings. The largest absolute Gasteiger partial charge is 0.330 e. The molecular formula is C10H14N2O2. The lowest BCUT2D eigenvalue weighted by molar-refractivity contribution is -0.125. The van der Waals surface area contributed by atoms with Gasteiger partial charge in [0.25, 0.3) is 0 Å². The van der Waals surface area contributed by atoms with Crippen LogP contribution in [0.1, 0.15) is 26.7 Å². The molecule has 2 rings (SSSR count). The van der Waals surface area contributed by atoms with Crippen molar-refractivity contribution in [1.82, 2.24) is 10.6 Å². The van der Waals surface area contributed by atoms with E-state index in [0.29, 0.717) is 0 Å². The van der Waals surface area contributed by atoms with Crippen molar-refractivity contribution >= 4 is 11.9 Å². The molecule has 1 fully saturated rings. The number of hydrogen-bond donors (Lipinski definition) is 2. The molecule has 3 amide bonds. The lowest BCUT2D eigenvalue weighted by atomic mass is 9.69. The Bertz CT molecular complexity index is 333. The van der Waals surface area contributed by atoms with E-state index in [-0.39, 0.29) is 23.9 Å². The summed E-state index contributed by atoms with van der Waals surface area (Å²) in [6, 6.07) is -0.395. The molecule has 2 unspecified atom stereocenters. The Kier molecular flexibility index (Phi) is 2.06. The van der Waals surface area contributed by atoms with Crippen LogP contribution in [0.4, 0.5) is 4.79 Å². The van der Waals surface area contributed by atoms with E-state index in [1.807, 2.05) is 6.92 Å². The number of carbonyl (C=O) groups is 2. The van der Waals surface area contributed by atoms with Crippen molar-refractivity contribution in [3.05, 3.63) is 11.1 Å². The van der Waals surface area contributed by atoms with E-state index >= 15 is 0 Å². The molecule has 0 spiro atoms. The lowest BCUT2D eigenvalue weighted by Gasteiger charge is -2.43. The van der Waals surface area contributed by atoms with Crippen LogP contribution in [0.5, 0.6) is 0 Å². The van der Waals surface area contributed by atoms with Crippen molar-refractivity contribution in [2.24, 2.45) is 5.92 Å². The van der Waals surface area contributed by atoms with Crippen LogP contribution in [0.2, 0.25) is 0 Å². The molecular weight excluding hydrogens is 180 g/mol. The second-order valence-electron chi connectivity index (χ2n) is 3.68. The Hall–Kier alpha value is -1.32. The third-order valence-electron chi connectivity index (χ3n) is 3.06. The minimum Gasteiger partial charge on any atom is -0.330 e. The third-order valence-corrected chi connectivity index (χ3v) is 3.06. The topological polar surface area (TPSA) is 58.2 Å². The molecule has 2 N–H and O–H groups in total. The molecule has 1 aliphatic carbocycles. The standard InChI is InChI=1S/C10H14N2O2/c1-3-5-6(4-2)8-7(5)9(13)12-10(14)11-8/h7-8H,3-4H2,1-2H3,(H2,11,12,13,14). The number of nitrogens with one attached hydrogen (secondary N) is 2. The molecule has 1 saturated heterocycles. The van der Waals surface area contributed by atoms with Crippen LogP contribution in [-0.2, 0) is 4.79 Å². The van der Waals surface area contributed by atoms with Gasteiger partial charge in [0.2, 0.25) is 5.91 Å². The van der Waals surface area contributed by atoms with Crippen LogP contribution in [0.3, 0.4) is 0 Å². The monoisotopic (exact) mass is 194 g/mol. The molecule has 14 heavy (non-hydrogen) atoms. The normalized spacial score (nSPS) is 30.4. The first-order valence-corrected chi connectivity index (χ1v) is 5.02. The van der Waals surface area contributed by atoms with Crippen molar-refractivity contribution in [3.8, 4) is 0 Å². The molecule has 1 aliphatic heterocycles. The van der Waals surface area contributed by atoms with Gasteiger partial charge in [-0.1, -0.05) is 19.4 Å². The smallest absolute Gasteiger partial charge is 0.321 e. The number of amides is 3. The van der Waals surface area contributed by atoms with Gasteiger partial charge in [0.1, 0.15) is 0 Å². The summed E-state index contributed by atoms with van der Waals surface area (Å²) in [5.41, 5.74) is 2.44. The number of imide groups is 1. The van der Waals surface area contributed by atoms with E-state index in [1.54, 1.807) is 0 Å². The quantitative estimate of drug-likeness (QED) is 0.643. The summed E-state index contributed by atoms with van der Waals surface area (Å²) < 4.78 is 0. The van der Waals surface area contributed by atoms with Crippen LogP contribution in [0.15, 0.2) is 11.1 Å². The number of fused-ring (bicyclic) bond motifs is 1. The maximum atomic E-state index is 11.5. The Balaban J connectivity index is 2.29. The molecule has 2 atom stereocenters. The van der Waals surface area contributed by atoms with Crippen molar-refractivity contribution in [2.45, 2.75) is 32.7 Å². The SMILES string of the molecule is CCC1=C(CC)C2C(=O)NC(=O)NC12. The summed E-state index contributed by atoms with van der Waals surface area (Å²) in [6.07, 6.45) is 1.81. The van der Waals surface area contributed by atoms with Gasteiger partial charge in [-0.05, 0) is 18.4 Å². The molecule has 2 aliphatic rings. The van der Waals surface area contributed by atoms with E-state index in [4.69, 9.17) is 0 Å². The number of rotatable bonds is 2. The first kappa shape index (κ1) is 9.24. The molecule has 0 aromatic heterocycles. The van der Waals surface area contributed by atoms with E-state index in [9.17, 15) is 9.59 Å². The van der Waals surface area contributed by atoms with Gasteiger partial charge in [-0.25, -0.2) is 4.79 Å². The predicted molar refractivity (Wildman–Crippen MR) is 51.6 cm³/mol. The molecule has 4 nitrogen and oxygen atoms in total. The summed E-state index contributed by atoms with van der Waals surface area (Å²) in [7, 11) is 0. The lowest BCUT2D eigenvalue weighted by Crippen LogP contribution is -2.63. The van der Waals surface area contributed by atoms with Crippen LogP contribution in [0.25, 0.3) is 0 Å². The first-order valence-electron chi connectivity index (χ1n) is 5.02. The summed E-state index contributed by atoms with van der Waals surface area (Å²) in [6.45, 7) is 4.10. The van der Waals surface area contributed by atoms with Gasteiger partial charge >= 0.3 is 6.03 Å². The Labute approximate surface area is 82.7 Å². The number of hydrogen-bond acceptors (Lipinski definition) is 2. The highest BCUT2D eigenvalue weighted by Crippen LogP contribution is 2.40. The van der Waals surface area contributed by atoms with Gasteiger partial charge in [0.05, 0.1) is 12.0 Å². The highest BCUT2D eigenvalue weighted by Gasteiger charge is 2.46. The molecule has 1 heterocycles. The molecule has 4 heteroatoms. The third kappa shape index (κ3) is 1.06. The van der Waals surface area contributed by atoms with E-state index in [0.717, 1.165) is 12.8 Å². The summed E-state index contributed by atoms with van der Waals surface area (Å²) in [4.78, 5) is 22.5. The van der Waals surface area contributed by atoms with Crippen LogP contribution < -0.4 is 10.6 Å². The second kappa shape index (κ2) is 3.12. The predicted octanol–water partition coefficient (Wildman–Crippen LogP) is 0.941. The second-order valence-corrected chi connectivity index (χ2v) is 3.68. The van der Waals surface area contributed by atoms with Crippen LogP contribution in [-0.4, -0.2) is 18.0 Å². The Morgan fingerprint density at radius 3 is 2.36 bits per heavy atom. The summed E-state index contributed by atoms with van der Waals surface area (Å²) in [5, 5.41) is 5.08. The molecule has 0 radical (unpaired) electrons. The van der Waals surface area contributed by atoms with Gasteiger partial charge in [-0.15, -0.1) is 0 Å². The maximum absolute atomic E-state index is 11.5. The molecule has 0 aromatic carbocycles. The minimum atomic E-state index is -0.364. The number of urea groups is 1. The molecule has 0 saturated carbocycles. The highest BCUT2D eigenvalue weighted by molar-refractivity contribution is 6.02. The van der Waals surface area contributed by atoms with E-state index in [1.165, 1.54) is 11.1 Å². The molecule has 0 bridgehead atoms. The van der Waals surface area contributed by atoms with Gasteiger partial charge in [-0.3, -0.25) is 10.1 Å². The van der Waals surface area contributed by atoms with Gasteiger partial charge < -0.3 is 5.32 Å². The Morgan fingerprint density at radius 2 is 1.79 bits per heavy atom.